The summed E-state index contributed by atoms with van der Waals surface area (Å²) < 4.78 is 5.39. The molecule has 0 bridgehead atoms. The van der Waals surface area contributed by atoms with E-state index in [1.807, 2.05) is 0 Å². The molecule has 0 aliphatic heterocycles. The molecule has 2 N–H and O–H groups in total. The zero-order chi connectivity index (χ0) is 13.9. The maximum absolute atomic E-state index is 6.17. The normalized spacial score (nSPS) is 20.8. The summed E-state index contributed by atoms with van der Waals surface area (Å²) >= 11 is 0. The van der Waals surface area contributed by atoms with E-state index < -0.39 is 0 Å². The van der Waals surface area contributed by atoms with Crippen LogP contribution in [0, 0.1) is 5.41 Å². The van der Waals surface area contributed by atoms with Gasteiger partial charge >= 0.3 is 0 Å². The molecule has 0 amide bonds. The fourth-order valence-corrected chi connectivity index (χ4v) is 2.62. The summed E-state index contributed by atoms with van der Waals surface area (Å²) in [5.41, 5.74) is 6.12. The van der Waals surface area contributed by atoms with Gasteiger partial charge in [-0.3, -0.25) is 0 Å². The van der Waals surface area contributed by atoms with E-state index in [1.54, 1.807) is 0 Å². The van der Waals surface area contributed by atoms with Crippen molar-refractivity contribution >= 4 is 0 Å². The molecule has 1 aliphatic rings. The van der Waals surface area contributed by atoms with E-state index >= 15 is 0 Å². The van der Waals surface area contributed by atoms with Gasteiger partial charge in [0.1, 0.15) is 0 Å². The second kappa shape index (κ2) is 6.04. The monoisotopic (exact) mass is 265 g/mol. The van der Waals surface area contributed by atoms with Gasteiger partial charge in [0.2, 0.25) is 5.89 Å². The summed E-state index contributed by atoms with van der Waals surface area (Å²) in [6.07, 6.45) is 8.97. The van der Waals surface area contributed by atoms with Crippen molar-refractivity contribution in [3.05, 3.63) is 11.7 Å². The first-order valence-electron chi connectivity index (χ1n) is 7.57. The fourth-order valence-electron chi connectivity index (χ4n) is 2.62. The third-order valence-corrected chi connectivity index (χ3v) is 4.13. The molecule has 1 atom stereocenters. The minimum Gasteiger partial charge on any atom is -0.338 e. The average Bonchev–Trinajstić information content (AvgIpc) is 2.75. The van der Waals surface area contributed by atoms with Crippen LogP contribution in [0.3, 0.4) is 0 Å². The number of hydrogen-bond donors (Lipinski definition) is 1. The SMILES string of the molecule is CC(C)(C)[C@H](N)c1nc(C2CCCCCCC2)no1. The molecule has 0 aromatic carbocycles. The van der Waals surface area contributed by atoms with E-state index in [0.29, 0.717) is 11.8 Å². The van der Waals surface area contributed by atoms with E-state index in [0.717, 1.165) is 5.82 Å². The van der Waals surface area contributed by atoms with Crippen LogP contribution in [0.5, 0.6) is 0 Å². The van der Waals surface area contributed by atoms with Crippen LogP contribution < -0.4 is 5.73 Å². The van der Waals surface area contributed by atoms with Crippen molar-refractivity contribution in [2.45, 2.75) is 77.7 Å². The number of aromatic nitrogens is 2. The summed E-state index contributed by atoms with van der Waals surface area (Å²) in [4.78, 5) is 4.57. The molecule has 4 nitrogen and oxygen atoms in total. The molecular weight excluding hydrogens is 238 g/mol. The fraction of sp³-hybridized carbons (Fsp3) is 0.867. The van der Waals surface area contributed by atoms with Crippen LogP contribution in [0.2, 0.25) is 0 Å². The topological polar surface area (TPSA) is 64.9 Å². The molecule has 0 saturated heterocycles. The Morgan fingerprint density at radius 1 is 1.11 bits per heavy atom. The van der Waals surface area contributed by atoms with Gasteiger partial charge in [-0.2, -0.15) is 4.98 Å². The minimum absolute atomic E-state index is 0.0509. The van der Waals surface area contributed by atoms with Gasteiger partial charge in [0, 0.05) is 5.92 Å². The zero-order valence-corrected chi connectivity index (χ0v) is 12.5. The second-order valence-corrected chi connectivity index (χ2v) is 6.88. The van der Waals surface area contributed by atoms with Crippen LogP contribution in [0.1, 0.15) is 89.4 Å². The lowest BCUT2D eigenvalue weighted by Crippen LogP contribution is -2.26. The Morgan fingerprint density at radius 3 is 2.26 bits per heavy atom. The first kappa shape index (κ1) is 14.5. The van der Waals surface area contributed by atoms with Crippen molar-refractivity contribution in [2.24, 2.45) is 11.1 Å². The van der Waals surface area contributed by atoms with Crippen molar-refractivity contribution in [1.82, 2.24) is 10.1 Å². The summed E-state index contributed by atoms with van der Waals surface area (Å²) in [5.74, 6) is 1.92. The quantitative estimate of drug-likeness (QED) is 0.879. The van der Waals surface area contributed by atoms with Crippen molar-refractivity contribution in [2.75, 3.05) is 0 Å². The predicted molar refractivity (Wildman–Crippen MR) is 75.7 cm³/mol. The van der Waals surface area contributed by atoms with Crippen LogP contribution in [0.15, 0.2) is 4.52 Å². The highest BCUT2D eigenvalue weighted by Gasteiger charge is 2.29. The largest absolute Gasteiger partial charge is 0.338 e. The first-order chi connectivity index (χ1) is 8.98. The van der Waals surface area contributed by atoms with E-state index in [2.05, 4.69) is 30.9 Å². The van der Waals surface area contributed by atoms with Gasteiger partial charge in [-0.15, -0.1) is 0 Å². The molecule has 1 fully saturated rings. The molecule has 1 heterocycles. The van der Waals surface area contributed by atoms with E-state index in [-0.39, 0.29) is 11.5 Å². The molecule has 1 aromatic rings. The summed E-state index contributed by atoms with van der Waals surface area (Å²) in [6, 6.07) is -0.192. The highest BCUT2D eigenvalue weighted by Crippen LogP contribution is 2.32. The third-order valence-electron chi connectivity index (χ3n) is 4.13. The Kier molecular flexibility index (Phi) is 4.61. The highest BCUT2D eigenvalue weighted by atomic mass is 16.5. The summed E-state index contributed by atoms with van der Waals surface area (Å²) in [6.45, 7) is 6.28. The Hall–Kier alpha value is -0.900. The van der Waals surface area contributed by atoms with Gasteiger partial charge in [0.05, 0.1) is 6.04 Å². The number of nitrogens with zero attached hydrogens (tertiary/aromatic N) is 2. The van der Waals surface area contributed by atoms with Crippen LogP contribution >= 0.6 is 0 Å². The standard InChI is InChI=1S/C15H27N3O/c1-15(2,3)12(16)14-17-13(18-19-14)11-9-7-5-4-6-8-10-11/h11-12H,4-10,16H2,1-3H3/t12-/m1/s1. The Morgan fingerprint density at radius 2 is 1.68 bits per heavy atom. The lowest BCUT2D eigenvalue weighted by molar-refractivity contribution is 0.251. The van der Waals surface area contributed by atoms with Crippen LogP contribution in [0.4, 0.5) is 0 Å². The zero-order valence-electron chi connectivity index (χ0n) is 12.5. The molecule has 0 radical (unpaired) electrons. The van der Waals surface area contributed by atoms with Gasteiger partial charge in [0.15, 0.2) is 5.82 Å². The van der Waals surface area contributed by atoms with Gasteiger partial charge in [0.25, 0.3) is 0 Å². The molecule has 1 saturated carbocycles. The van der Waals surface area contributed by atoms with Gasteiger partial charge in [-0.1, -0.05) is 58.0 Å². The van der Waals surface area contributed by atoms with Crippen molar-refractivity contribution in [3.8, 4) is 0 Å². The molecule has 2 rings (SSSR count). The Bertz CT molecular complexity index is 386. The predicted octanol–water partition coefficient (Wildman–Crippen LogP) is 3.94. The molecule has 4 heteroatoms. The molecule has 19 heavy (non-hydrogen) atoms. The van der Waals surface area contributed by atoms with Gasteiger partial charge in [-0.05, 0) is 18.3 Å². The highest BCUT2D eigenvalue weighted by molar-refractivity contribution is 5.01. The molecule has 0 unspecified atom stereocenters. The number of nitrogens with two attached hydrogens (primary N) is 1. The molecule has 108 valence electrons. The van der Waals surface area contributed by atoms with E-state index in [4.69, 9.17) is 10.3 Å². The summed E-state index contributed by atoms with van der Waals surface area (Å²) in [5, 5.41) is 4.18. The van der Waals surface area contributed by atoms with E-state index in [1.165, 1.54) is 44.9 Å². The lowest BCUT2D eigenvalue weighted by Gasteiger charge is -2.23. The van der Waals surface area contributed by atoms with Crippen molar-refractivity contribution in [1.29, 1.82) is 0 Å². The van der Waals surface area contributed by atoms with Crippen LogP contribution in [0.25, 0.3) is 0 Å². The average molecular weight is 265 g/mol. The van der Waals surface area contributed by atoms with Gasteiger partial charge < -0.3 is 10.3 Å². The number of rotatable bonds is 2. The van der Waals surface area contributed by atoms with Crippen LogP contribution in [-0.2, 0) is 0 Å². The molecular formula is C15H27N3O. The maximum atomic E-state index is 6.17. The first-order valence-corrected chi connectivity index (χ1v) is 7.57. The third kappa shape index (κ3) is 3.78. The van der Waals surface area contributed by atoms with Crippen molar-refractivity contribution < 1.29 is 4.52 Å². The molecule has 0 spiro atoms. The second-order valence-electron chi connectivity index (χ2n) is 6.88. The number of hydrogen-bond acceptors (Lipinski definition) is 4. The van der Waals surface area contributed by atoms with Crippen LogP contribution in [-0.4, -0.2) is 10.1 Å². The maximum Gasteiger partial charge on any atom is 0.244 e. The Labute approximate surface area is 116 Å². The molecule has 1 aromatic heterocycles. The Balaban J connectivity index is 2.06. The minimum atomic E-state index is -0.192. The molecule has 1 aliphatic carbocycles. The van der Waals surface area contributed by atoms with Crippen molar-refractivity contribution in [3.63, 3.8) is 0 Å². The smallest absolute Gasteiger partial charge is 0.244 e. The van der Waals surface area contributed by atoms with Gasteiger partial charge in [-0.25, -0.2) is 0 Å². The summed E-state index contributed by atoms with van der Waals surface area (Å²) in [7, 11) is 0. The van der Waals surface area contributed by atoms with E-state index in [9.17, 15) is 0 Å². The lowest BCUT2D eigenvalue weighted by atomic mass is 9.87.